The summed E-state index contributed by atoms with van der Waals surface area (Å²) in [4.78, 5) is 16.4. The maximum absolute atomic E-state index is 12.7. The van der Waals surface area contributed by atoms with Gasteiger partial charge < -0.3 is 9.47 Å². The molecular weight excluding hydrogens is 364 g/mol. The molecule has 0 bridgehead atoms. The summed E-state index contributed by atoms with van der Waals surface area (Å²) in [5.41, 5.74) is 1.97. The van der Waals surface area contributed by atoms with Crippen molar-refractivity contribution in [1.29, 1.82) is 0 Å². The zero-order valence-electron chi connectivity index (χ0n) is 17.1. The number of benzene rings is 2. The fraction of sp³-hybridized carbons (Fsp3) is 0.292. The van der Waals surface area contributed by atoms with Crippen LogP contribution in [0.3, 0.4) is 0 Å². The maximum atomic E-state index is 12.7. The number of nitrogens with zero attached hydrogens (tertiary/aromatic N) is 2. The molecule has 0 aromatic heterocycles. The Balaban J connectivity index is 1.76. The lowest BCUT2D eigenvalue weighted by Crippen LogP contribution is -2.37. The Labute approximate surface area is 172 Å². The molecule has 1 heterocycles. The number of ether oxygens (including phenoxy) is 2. The lowest BCUT2D eigenvalue weighted by Gasteiger charge is -2.30. The molecule has 1 aliphatic heterocycles. The molecule has 3 rings (SSSR count). The first-order valence-corrected chi connectivity index (χ1v) is 9.90. The van der Waals surface area contributed by atoms with E-state index in [1.807, 2.05) is 68.6 Å². The number of hydrogen-bond acceptors (Lipinski definition) is 4. The van der Waals surface area contributed by atoms with E-state index in [-0.39, 0.29) is 12.3 Å². The van der Waals surface area contributed by atoms with Gasteiger partial charge in [-0.3, -0.25) is 9.80 Å². The first-order chi connectivity index (χ1) is 14.1. The molecule has 0 saturated heterocycles. The first kappa shape index (κ1) is 20.7. The van der Waals surface area contributed by atoms with Crippen LogP contribution in [-0.2, 0) is 6.42 Å². The third kappa shape index (κ3) is 5.27. The van der Waals surface area contributed by atoms with E-state index in [0.29, 0.717) is 12.3 Å². The van der Waals surface area contributed by atoms with Crippen LogP contribution in [0.25, 0.3) is 0 Å². The average molecular weight is 392 g/mol. The quantitative estimate of drug-likeness (QED) is 0.489. The zero-order valence-corrected chi connectivity index (χ0v) is 17.1. The number of para-hydroxylation sites is 1. The number of anilines is 1. The summed E-state index contributed by atoms with van der Waals surface area (Å²) in [7, 11) is 1.99. The summed E-state index contributed by atoms with van der Waals surface area (Å²) in [5, 5.41) is 0. The van der Waals surface area contributed by atoms with Crippen LogP contribution < -0.4 is 14.4 Å². The van der Waals surface area contributed by atoms with E-state index in [2.05, 4.69) is 11.5 Å². The minimum atomic E-state index is -0.358. The van der Waals surface area contributed by atoms with Crippen molar-refractivity contribution in [1.82, 2.24) is 4.90 Å². The van der Waals surface area contributed by atoms with E-state index in [1.54, 1.807) is 17.0 Å². The summed E-state index contributed by atoms with van der Waals surface area (Å²) < 4.78 is 11.7. The summed E-state index contributed by atoms with van der Waals surface area (Å²) in [6, 6.07) is 15.0. The number of aryl methyl sites for hydroxylation is 1. The molecule has 0 fully saturated rings. The summed E-state index contributed by atoms with van der Waals surface area (Å²) in [5.74, 6) is 1.32. The van der Waals surface area contributed by atoms with Crippen molar-refractivity contribution in [3.63, 3.8) is 0 Å². The lowest BCUT2D eigenvalue weighted by molar-refractivity contribution is 0.0947. The van der Waals surface area contributed by atoms with E-state index >= 15 is 0 Å². The van der Waals surface area contributed by atoms with Crippen LogP contribution in [0.1, 0.15) is 18.9 Å². The lowest BCUT2D eigenvalue weighted by atomic mass is 10.0. The fourth-order valence-electron chi connectivity index (χ4n) is 3.37. The molecule has 2 aromatic rings. The number of hydrogen-bond donors (Lipinski definition) is 0. The van der Waals surface area contributed by atoms with Crippen LogP contribution >= 0.6 is 0 Å². The Kier molecular flexibility index (Phi) is 7.09. The molecule has 1 atom stereocenters. The average Bonchev–Trinajstić information content (AvgIpc) is 2.73. The summed E-state index contributed by atoms with van der Waals surface area (Å²) in [6.45, 7) is 7.13. The van der Waals surface area contributed by atoms with Crippen molar-refractivity contribution in [2.24, 2.45) is 0 Å². The number of carbonyl (C=O) groups excluding carboxylic acids is 1. The number of carbonyl (C=O) groups is 1. The van der Waals surface area contributed by atoms with E-state index in [4.69, 9.17) is 9.47 Å². The van der Waals surface area contributed by atoms with Gasteiger partial charge in [-0.05, 0) is 68.8 Å². The molecule has 5 nitrogen and oxygen atoms in total. The molecule has 5 heteroatoms. The van der Waals surface area contributed by atoms with E-state index in [0.717, 1.165) is 36.4 Å². The van der Waals surface area contributed by atoms with Crippen molar-refractivity contribution < 1.29 is 14.3 Å². The van der Waals surface area contributed by atoms with Crippen molar-refractivity contribution in [2.45, 2.75) is 26.0 Å². The van der Waals surface area contributed by atoms with Gasteiger partial charge in [0.25, 0.3) is 0 Å². The minimum Gasteiger partial charge on any atom is -0.472 e. The van der Waals surface area contributed by atoms with Crippen molar-refractivity contribution in [2.75, 3.05) is 25.0 Å². The summed E-state index contributed by atoms with van der Waals surface area (Å²) >= 11 is 0. The Morgan fingerprint density at radius 2 is 2.03 bits per heavy atom. The van der Waals surface area contributed by atoms with Gasteiger partial charge in [0, 0.05) is 13.1 Å². The molecule has 0 N–H and O–H groups in total. The highest BCUT2D eigenvalue weighted by molar-refractivity contribution is 5.90. The van der Waals surface area contributed by atoms with Crippen LogP contribution in [0.15, 0.2) is 73.3 Å². The normalized spacial score (nSPS) is 14.5. The molecule has 0 spiro atoms. The monoisotopic (exact) mass is 392 g/mol. The molecule has 29 heavy (non-hydrogen) atoms. The van der Waals surface area contributed by atoms with Gasteiger partial charge in [0.05, 0.1) is 5.69 Å². The molecule has 1 amide bonds. The maximum Gasteiger partial charge on any atom is 0.419 e. The molecular formula is C24H28N2O3. The van der Waals surface area contributed by atoms with E-state index in [1.165, 1.54) is 0 Å². The number of fused-ring (bicyclic) bond motifs is 1. The topological polar surface area (TPSA) is 42.0 Å². The fourth-order valence-corrected chi connectivity index (χ4v) is 3.37. The second-order valence-electron chi connectivity index (χ2n) is 6.99. The number of allylic oxidation sites excluding steroid dienone is 1. The van der Waals surface area contributed by atoms with Gasteiger partial charge in [0.15, 0.2) is 6.23 Å². The van der Waals surface area contributed by atoms with Crippen molar-refractivity contribution in [3.8, 4) is 11.5 Å². The van der Waals surface area contributed by atoms with Crippen molar-refractivity contribution in [3.05, 3.63) is 78.9 Å². The van der Waals surface area contributed by atoms with E-state index in [9.17, 15) is 4.79 Å². The molecule has 1 aliphatic rings. The highest BCUT2D eigenvalue weighted by Crippen LogP contribution is 2.32. The second-order valence-corrected chi connectivity index (χ2v) is 6.99. The van der Waals surface area contributed by atoms with Gasteiger partial charge in [0.2, 0.25) is 0 Å². The van der Waals surface area contributed by atoms with E-state index < -0.39 is 0 Å². The smallest absolute Gasteiger partial charge is 0.419 e. The summed E-state index contributed by atoms with van der Waals surface area (Å²) in [6.07, 6.45) is 7.08. The first-order valence-electron chi connectivity index (χ1n) is 9.90. The molecule has 0 radical (unpaired) electrons. The van der Waals surface area contributed by atoms with Gasteiger partial charge in [-0.1, -0.05) is 30.4 Å². The molecule has 0 saturated carbocycles. The largest absolute Gasteiger partial charge is 0.472 e. The van der Waals surface area contributed by atoms with Crippen molar-refractivity contribution >= 4 is 11.8 Å². The zero-order chi connectivity index (χ0) is 20.6. The van der Waals surface area contributed by atoms with Gasteiger partial charge >= 0.3 is 6.09 Å². The highest BCUT2D eigenvalue weighted by Gasteiger charge is 2.25. The predicted octanol–water partition coefficient (Wildman–Crippen LogP) is 5.04. The second kappa shape index (κ2) is 9.94. The third-order valence-electron chi connectivity index (χ3n) is 4.80. The van der Waals surface area contributed by atoms with Gasteiger partial charge in [0.1, 0.15) is 11.5 Å². The third-order valence-corrected chi connectivity index (χ3v) is 4.80. The Bertz CT molecular complexity index is 864. The van der Waals surface area contributed by atoms with Gasteiger partial charge in [-0.2, -0.15) is 0 Å². The number of amides is 1. The Hall–Kier alpha value is -3.05. The van der Waals surface area contributed by atoms with Crippen LogP contribution in [0.4, 0.5) is 10.5 Å². The van der Waals surface area contributed by atoms with Crippen LogP contribution in [0.5, 0.6) is 11.5 Å². The number of likely N-dealkylation sites (N-methyl/N-ethyl adjacent to an activating group) is 1. The van der Waals surface area contributed by atoms with Crippen LogP contribution in [-0.4, -0.2) is 37.4 Å². The Morgan fingerprint density at radius 3 is 2.76 bits per heavy atom. The highest BCUT2D eigenvalue weighted by atomic mass is 16.6. The predicted molar refractivity (Wildman–Crippen MR) is 117 cm³/mol. The Morgan fingerprint density at radius 1 is 1.24 bits per heavy atom. The SMILES string of the molecule is C=CCN(C)C(C=CC)Oc1ccc2c(c1)CCCN2C(=O)Oc1ccccc1. The molecule has 2 aromatic carbocycles. The van der Waals surface area contributed by atoms with Gasteiger partial charge in [-0.25, -0.2) is 4.79 Å². The minimum absolute atomic E-state index is 0.182. The van der Waals surface area contributed by atoms with Crippen LogP contribution in [0, 0.1) is 0 Å². The number of rotatable bonds is 7. The molecule has 0 aliphatic carbocycles. The molecule has 152 valence electrons. The van der Waals surface area contributed by atoms with Crippen LogP contribution in [0.2, 0.25) is 0 Å². The molecule has 1 unspecified atom stereocenters. The standard InChI is InChI=1S/C24H28N2O3/c1-4-10-23(25(3)16-5-2)28-21-14-15-22-19(18-21)11-9-17-26(22)24(27)29-20-12-7-6-8-13-20/h4-8,10,12-15,18,23H,2,9,11,16-17H2,1,3H3. The van der Waals surface area contributed by atoms with Gasteiger partial charge in [-0.15, -0.1) is 6.58 Å².